The topological polar surface area (TPSA) is 69.6 Å². The number of thioether (sulfide) groups is 1. The average Bonchev–Trinajstić information content (AvgIpc) is 2.68. The first-order valence-corrected chi connectivity index (χ1v) is 5.56. The number of phenolic OH excluding ortho intramolecular Hbond substituents is 1. The highest BCUT2D eigenvalue weighted by Gasteiger charge is 2.45. The van der Waals surface area contributed by atoms with Crippen LogP contribution in [0.4, 0.5) is 0 Å². The third-order valence-corrected chi connectivity index (χ3v) is 3.76. The lowest BCUT2D eigenvalue weighted by molar-refractivity contribution is -0.141. The summed E-state index contributed by atoms with van der Waals surface area (Å²) < 4.78 is 0. The molecule has 2 rings (SSSR count). The van der Waals surface area contributed by atoms with E-state index in [2.05, 4.69) is 5.32 Å². The monoisotopic (exact) mass is 225 g/mol. The molecule has 0 bridgehead atoms. The van der Waals surface area contributed by atoms with Crippen molar-refractivity contribution in [1.82, 2.24) is 5.32 Å². The SMILES string of the molecule is O=C(O)C1(c2ccccc2O)NCCS1. The van der Waals surface area contributed by atoms with Gasteiger partial charge in [0.1, 0.15) is 5.75 Å². The molecular formula is C10H11NO3S. The number of carboxylic acid groups (broad SMARTS) is 1. The van der Waals surface area contributed by atoms with Crippen molar-refractivity contribution in [3.05, 3.63) is 29.8 Å². The minimum Gasteiger partial charge on any atom is -0.508 e. The maximum Gasteiger partial charge on any atom is 0.339 e. The molecule has 1 aromatic rings. The zero-order valence-corrected chi connectivity index (χ0v) is 8.75. The quantitative estimate of drug-likeness (QED) is 0.699. The van der Waals surface area contributed by atoms with Crippen LogP contribution in [0.25, 0.3) is 0 Å². The van der Waals surface area contributed by atoms with E-state index in [0.29, 0.717) is 12.1 Å². The Morgan fingerprint density at radius 1 is 1.47 bits per heavy atom. The molecule has 0 radical (unpaired) electrons. The number of para-hydroxylation sites is 1. The van der Waals surface area contributed by atoms with Crippen LogP contribution < -0.4 is 5.32 Å². The summed E-state index contributed by atoms with van der Waals surface area (Å²) in [6.07, 6.45) is 0. The Balaban J connectivity index is 2.50. The van der Waals surface area contributed by atoms with Crippen LogP contribution in [0.2, 0.25) is 0 Å². The molecule has 1 atom stereocenters. The minimum absolute atomic E-state index is 0.0156. The van der Waals surface area contributed by atoms with Crippen molar-refractivity contribution >= 4 is 17.7 Å². The Morgan fingerprint density at radius 2 is 2.20 bits per heavy atom. The molecule has 80 valence electrons. The van der Waals surface area contributed by atoms with Crippen LogP contribution in [0.1, 0.15) is 5.56 Å². The van der Waals surface area contributed by atoms with Crippen LogP contribution in [0.15, 0.2) is 24.3 Å². The second-order valence-electron chi connectivity index (χ2n) is 3.28. The van der Waals surface area contributed by atoms with Crippen LogP contribution >= 0.6 is 11.8 Å². The summed E-state index contributed by atoms with van der Waals surface area (Å²) >= 11 is 1.29. The van der Waals surface area contributed by atoms with E-state index in [-0.39, 0.29) is 5.75 Å². The smallest absolute Gasteiger partial charge is 0.339 e. The van der Waals surface area contributed by atoms with Crippen LogP contribution in [0.5, 0.6) is 5.75 Å². The molecule has 0 amide bonds. The fraction of sp³-hybridized carbons (Fsp3) is 0.300. The number of phenols is 1. The number of hydrogen-bond donors (Lipinski definition) is 3. The Kier molecular flexibility index (Phi) is 2.58. The van der Waals surface area contributed by atoms with E-state index in [9.17, 15) is 15.0 Å². The van der Waals surface area contributed by atoms with Gasteiger partial charge in [-0.1, -0.05) is 18.2 Å². The van der Waals surface area contributed by atoms with Gasteiger partial charge in [0.2, 0.25) is 0 Å². The molecule has 1 saturated heterocycles. The van der Waals surface area contributed by atoms with Gasteiger partial charge in [-0.05, 0) is 6.07 Å². The molecule has 5 heteroatoms. The highest BCUT2D eigenvalue weighted by Crippen LogP contribution is 2.41. The molecule has 0 saturated carbocycles. The van der Waals surface area contributed by atoms with Gasteiger partial charge in [0.05, 0.1) is 0 Å². The molecule has 0 aromatic heterocycles. The summed E-state index contributed by atoms with van der Waals surface area (Å²) in [5, 5.41) is 21.8. The summed E-state index contributed by atoms with van der Waals surface area (Å²) in [7, 11) is 0. The lowest BCUT2D eigenvalue weighted by Crippen LogP contribution is -2.42. The van der Waals surface area contributed by atoms with Gasteiger partial charge in [0.25, 0.3) is 0 Å². The maximum atomic E-state index is 11.3. The number of aromatic hydroxyl groups is 1. The third-order valence-electron chi connectivity index (χ3n) is 2.38. The normalized spacial score (nSPS) is 25.3. The highest BCUT2D eigenvalue weighted by molar-refractivity contribution is 8.01. The van der Waals surface area contributed by atoms with Gasteiger partial charge >= 0.3 is 5.97 Å². The van der Waals surface area contributed by atoms with Gasteiger partial charge in [-0.2, -0.15) is 0 Å². The van der Waals surface area contributed by atoms with Crippen molar-refractivity contribution in [2.75, 3.05) is 12.3 Å². The first-order valence-electron chi connectivity index (χ1n) is 4.58. The number of rotatable bonds is 2. The number of nitrogens with one attached hydrogen (secondary N) is 1. The van der Waals surface area contributed by atoms with E-state index in [0.717, 1.165) is 5.75 Å². The standard InChI is InChI=1S/C10H11NO3S/c12-8-4-2-1-3-7(8)10(9(13)14)11-5-6-15-10/h1-4,11-12H,5-6H2,(H,13,14). The van der Waals surface area contributed by atoms with E-state index in [1.807, 2.05) is 0 Å². The molecular weight excluding hydrogens is 214 g/mol. The Morgan fingerprint density at radius 3 is 2.73 bits per heavy atom. The first kappa shape index (κ1) is 10.3. The summed E-state index contributed by atoms with van der Waals surface area (Å²) in [4.78, 5) is 10.1. The van der Waals surface area contributed by atoms with Gasteiger partial charge in [-0.15, -0.1) is 11.8 Å². The van der Waals surface area contributed by atoms with Gasteiger partial charge in [-0.3, -0.25) is 5.32 Å². The van der Waals surface area contributed by atoms with Crippen molar-refractivity contribution in [2.24, 2.45) is 0 Å². The highest BCUT2D eigenvalue weighted by atomic mass is 32.2. The fourth-order valence-corrected chi connectivity index (χ4v) is 2.85. The minimum atomic E-state index is -1.19. The largest absolute Gasteiger partial charge is 0.508 e. The van der Waals surface area contributed by atoms with E-state index in [1.165, 1.54) is 17.8 Å². The van der Waals surface area contributed by atoms with Gasteiger partial charge < -0.3 is 10.2 Å². The number of carbonyl (C=O) groups is 1. The second kappa shape index (κ2) is 3.75. The number of benzene rings is 1. The lowest BCUT2D eigenvalue weighted by Gasteiger charge is -2.24. The molecule has 1 aliphatic heterocycles. The Labute approximate surface area is 91.3 Å². The fourth-order valence-electron chi connectivity index (χ4n) is 1.68. The zero-order valence-electron chi connectivity index (χ0n) is 7.93. The van der Waals surface area contributed by atoms with Gasteiger partial charge in [-0.25, -0.2) is 4.79 Å². The zero-order chi connectivity index (χ0) is 10.9. The number of aliphatic carboxylic acids is 1. The average molecular weight is 225 g/mol. The molecule has 1 aliphatic rings. The van der Waals surface area contributed by atoms with Crippen molar-refractivity contribution in [3.8, 4) is 5.75 Å². The van der Waals surface area contributed by atoms with Crippen molar-refractivity contribution in [1.29, 1.82) is 0 Å². The summed E-state index contributed by atoms with van der Waals surface area (Å²) in [5.41, 5.74) is 0.417. The molecule has 1 heterocycles. The first-order chi connectivity index (χ1) is 7.17. The van der Waals surface area contributed by atoms with Crippen LogP contribution in [-0.4, -0.2) is 28.5 Å². The number of carboxylic acids is 1. The predicted molar refractivity (Wildman–Crippen MR) is 57.9 cm³/mol. The van der Waals surface area contributed by atoms with Crippen molar-refractivity contribution < 1.29 is 15.0 Å². The van der Waals surface area contributed by atoms with Crippen LogP contribution in [-0.2, 0) is 9.67 Å². The molecule has 4 nitrogen and oxygen atoms in total. The van der Waals surface area contributed by atoms with Gasteiger partial charge in [0, 0.05) is 17.9 Å². The molecule has 0 aliphatic carbocycles. The van der Waals surface area contributed by atoms with Crippen LogP contribution in [0.3, 0.4) is 0 Å². The second-order valence-corrected chi connectivity index (χ2v) is 4.59. The Hall–Kier alpha value is -1.20. The summed E-state index contributed by atoms with van der Waals surface area (Å²) in [6.45, 7) is 0.630. The van der Waals surface area contributed by atoms with E-state index in [1.54, 1.807) is 18.2 Å². The van der Waals surface area contributed by atoms with E-state index in [4.69, 9.17) is 0 Å². The van der Waals surface area contributed by atoms with Gasteiger partial charge in [0.15, 0.2) is 4.87 Å². The van der Waals surface area contributed by atoms with Crippen molar-refractivity contribution in [2.45, 2.75) is 4.87 Å². The molecule has 1 aromatic carbocycles. The summed E-state index contributed by atoms with van der Waals surface area (Å²) in [5.74, 6) is -0.228. The van der Waals surface area contributed by atoms with E-state index < -0.39 is 10.8 Å². The van der Waals surface area contributed by atoms with Crippen molar-refractivity contribution in [3.63, 3.8) is 0 Å². The summed E-state index contributed by atoms with van der Waals surface area (Å²) in [6, 6.07) is 6.53. The molecule has 0 spiro atoms. The lowest BCUT2D eigenvalue weighted by atomic mass is 10.1. The van der Waals surface area contributed by atoms with E-state index >= 15 is 0 Å². The molecule has 3 N–H and O–H groups in total. The predicted octanol–water partition coefficient (Wildman–Crippen LogP) is 0.966. The molecule has 15 heavy (non-hydrogen) atoms. The Bertz CT molecular complexity index is 388. The maximum absolute atomic E-state index is 11.3. The van der Waals surface area contributed by atoms with Crippen LogP contribution in [0, 0.1) is 0 Å². The number of hydrogen-bond acceptors (Lipinski definition) is 4. The third kappa shape index (κ3) is 1.57. The molecule has 1 unspecified atom stereocenters. The molecule has 1 fully saturated rings.